The van der Waals surface area contributed by atoms with E-state index in [-0.39, 0.29) is 12.3 Å². The predicted octanol–water partition coefficient (Wildman–Crippen LogP) is 2.97. The Balaban J connectivity index is 1.79. The average molecular weight is 296 g/mol. The van der Waals surface area contributed by atoms with Crippen LogP contribution >= 0.6 is 11.3 Å². The van der Waals surface area contributed by atoms with E-state index in [1.807, 2.05) is 5.38 Å². The minimum atomic E-state index is -0.783. The Labute approximate surface area is 124 Å². The Morgan fingerprint density at radius 2 is 2.15 bits per heavy atom. The third-order valence-corrected chi connectivity index (χ3v) is 4.74. The van der Waals surface area contributed by atoms with Crippen LogP contribution in [0.2, 0.25) is 0 Å². The molecule has 0 bridgehead atoms. The number of aromatic nitrogens is 1. The van der Waals surface area contributed by atoms with Gasteiger partial charge in [-0.05, 0) is 18.8 Å². The largest absolute Gasteiger partial charge is 0.389 e. The van der Waals surface area contributed by atoms with Gasteiger partial charge in [0.15, 0.2) is 0 Å². The summed E-state index contributed by atoms with van der Waals surface area (Å²) in [6.07, 6.45) is 4.92. The summed E-state index contributed by atoms with van der Waals surface area (Å²) in [5, 5.41) is 16.2. The molecule has 1 aliphatic carbocycles. The van der Waals surface area contributed by atoms with Crippen LogP contribution in [0, 0.1) is 0 Å². The Morgan fingerprint density at radius 1 is 1.45 bits per heavy atom. The molecule has 0 radical (unpaired) electrons. The predicted molar refractivity (Wildman–Crippen MR) is 80.7 cm³/mol. The Hall–Kier alpha value is -0.940. The van der Waals surface area contributed by atoms with Crippen molar-refractivity contribution in [1.82, 2.24) is 10.3 Å². The van der Waals surface area contributed by atoms with Gasteiger partial charge in [-0.15, -0.1) is 11.3 Å². The molecule has 4 nitrogen and oxygen atoms in total. The van der Waals surface area contributed by atoms with Gasteiger partial charge in [-0.1, -0.05) is 33.1 Å². The Bertz CT molecular complexity index is 450. The maximum absolute atomic E-state index is 11.9. The Morgan fingerprint density at radius 3 is 2.75 bits per heavy atom. The number of thiazole rings is 1. The molecular formula is C15H24N2O2S. The molecule has 2 N–H and O–H groups in total. The highest BCUT2D eigenvalue weighted by Gasteiger charge is 2.31. The second kappa shape index (κ2) is 6.68. The number of aliphatic hydroxyl groups is 1. The van der Waals surface area contributed by atoms with Gasteiger partial charge < -0.3 is 10.4 Å². The van der Waals surface area contributed by atoms with Crippen LogP contribution in [0.1, 0.15) is 69.0 Å². The normalized spacial score (nSPS) is 18.2. The highest BCUT2D eigenvalue weighted by molar-refractivity contribution is 7.09. The van der Waals surface area contributed by atoms with Crippen LogP contribution in [0.25, 0.3) is 0 Å². The first kappa shape index (κ1) is 15.4. The maximum atomic E-state index is 11.9. The van der Waals surface area contributed by atoms with E-state index in [0.29, 0.717) is 12.5 Å². The molecule has 112 valence electrons. The van der Waals surface area contributed by atoms with E-state index in [1.165, 1.54) is 6.42 Å². The van der Waals surface area contributed by atoms with Crippen LogP contribution < -0.4 is 5.32 Å². The van der Waals surface area contributed by atoms with Gasteiger partial charge in [0.25, 0.3) is 0 Å². The van der Waals surface area contributed by atoms with E-state index in [1.54, 1.807) is 11.3 Å². The molecule has 0 atom stereocenters. The van der Waals surface area contributed by atoms with Gasteiger partial charge in [-0.2, -0.15) is 0 Å². The number of nitrogens with zero attached hydrogens (tertiary/aromatic N) is 1. The van der Waals surface area contributed by atoms with E-state index in [4.69, 9.17) is 0 Å². The SMILES string of the molecule is CC(C)c1csc(CNC(=O)CC2(O)CCCCC2)n1. The van der Waals surface area contributed by atoms with Crippen molar-refractivity contribution in [3.05, 3.63) is 16.1 Å². The number of hydrogen-bond acceptors (Lipinski definition) is 4. The van der Waals surface area contributed by atoms with Crippen LogP contribution in [0.5, 0.6) is 0 Å². The zero-order chi connectivity index (χ0) is 14.6. The third-order valence-electron chi connectivity index (χ3n) is 3.87. The maximum Gasteiger partial charge on any atom is 0.223 e. The molecule has 0 aliphatic heterocycles. The van der Waals surface area contributed by atoms with E-state index >= 15 is 0 Å². The monoisotopic (exact) mass is 296 g/mol. The van der Waals surface area contributed by atoms with E-state index < -0.39 is 5.60 Å². The molecule has 1 aromatic heterocycles. The van der Waals surface area contributed by atoms with Gasteiger partial charge in [0.2, 0.25) is 5.91 Å². The molecule has 1 amide bonds. The van der Waals surface area contributed by atoms with Gasteiger partial charge in [-0.3, -0.25) is 4.79 Å². The molecule has 20 heavy (non-hydrogen) atoms. The highest BCUT2D eigenvalue weighted by Crippen LogP contribution is 2.30. The molecule has 0 saturated heterocycles. The molecule has 0 unspecified atom stereocenters. The molecule has 0 aromatic carbocycles. The lowest BCUT2D eigenvalue weighted by atomic mass is 9.82. The van der Waals surface area contributed by atoms with Gasteiger partial charge in [-0.25, -0.2) is 4.98 Å². The van der Waals surface area contributed by atoms with Crippen LogP contribution in [-0.4, -0.2) is 21.6 Å². The van der Waals surface area contributed by atoms with Crippen LogP contribution in [0.3, 0.4) is 0 Å². The van der Waals surface area contributed by atoms with Crippen molar-refractivity contribution in [2.45, 2.75) is 70.4 Å². The fraction of sp³-hybridized carbons (Fsp3) is 0.733. The van der Waals surface area contributed by atoms with Gasteiger partial charge >= 0.3 is 0 Å². The van der Waals surface area contributed by atoms with Crippen molar-refractivity contribution in [3.8, 4) is 0 Å². The number of carbonyl (C=O) groups is 1. The molecule has 1 saturated carbocycles. The van der Waals surface area contributed by atoms with Crippen molar-refractivity contribution in [2.24, 2.45) is 0 Å². The van der Waals surface area contributed by atoms with Gasteiger partial charge in [0.05, 0.1) is 24.3 Å². The fourth-order valence-corrected chi connectivity index (χ4v) is 3.49. The lowest BCUT2D eigenvalue weighted by Crippen LogP contribution is -2.38. The molecule has 1 aromatic rings. The number of hydrogen-bond donors (Lipinski definition) is 2. The third kappa shape index (κ3) is 4.28. The quantitative estimate of drug-likeness (QED) is 0.878. The van der Waals surface area contributed by atoms with Crippen molar-refractivity contribution in [1.29, 1.82) is 0 Å². The number of amides is 1. The number of nitrogens with one attached hydrogen (secondary N) is 1. The van der Waals surface area contributed by atoms with Crippen LogP contribution in [-0.2, 0) is 11.3 Å². The second-order valence-electron chi connectivity index (χ2n) is 6.06. The lowest BCUT2D eigenvalue weighted by molar-refractivity contribution is -0.127. The standard InChI is InChI=1S/C15H24N2O2S/c1-11(2)12-10-20-14(17-12)9-16-13(18)8-15(19)6-4-3-5-7-15/h10-11,19H,3-9H2,1-2H3,(H,16,18). The summed E-state index contributed by atoms with van der Waals surface area (Å²) in [5.41, 5.74) is 0.291. The fourth-order valence-electron chi connectivity index (χ4n) is 2.59. The van der Waals surface area contributed by atoms with E-state index in [0.717, 1.165) is 36.4 Å². The summed E-state index contributed by atoms with van der Waals surface area (Å²) in [4.78, 5) is 16.4. The van der Waals surface area contributed by atoms with E-state index in [9.17, 15) is 9.90 Å². The molecule has 5 heteroatoms. The Kier molecular flexibility index (Phi) is 5.16. The molecule has 1 heterocycles. The van der Waals surface area contributed by atoms with Crippen molar-refractivity contribution in [2.75, 3.05) is 0 Å². The summed E-state index contributed by atoms with van der Waals surface area (Å²) in [6, 6.07) is 0. The van der Waals surface area contributed by atoms with Gasteiger partial charge in [0.1, 0.15) is 5.01 Å². The summed E-state index contributed by atoms with van der Waals surface area (Å²) in [5.74, 6) is 0.342. The zero-order valence-corrected chi connectivity index (χ0v) is 13.1. The summed E-state index contributed by atoms with van der Waals surface area (Å²) in [6.45, 7) is 4.68. The first-order valence-electron chi connectivity index (χ1n) is 7.42. The topological polar surface area (TPSA) is 62.2 Å². The summed E-state index contributed by atoms with van der Waals surface area (Å²) in [7, 11) is 0. The van der Waals surface area contributed by atoms with Crippen LogP contribution in [0.15, 0.2) is 5.38 Å². The van der Waals surface area contributed by atoms with E-state index in [2.05, 4.69) is 24.1 Å². The average Bonchev–Trinajstić information content (AvgIpc) is 2.85. The molecule has 1 fully saturated rings. The lowest BCUT2D eigenvalue weighted by Gasteiger charge is -2.31. The molecular weight excluding hydrogens is 272 g/mol. The highest BCUT2D eigenvalue weighted by atomic mass is 32.1. The summed E-state index contributed by atoms with van der Waals surface area (Å²) >= 11 is 1.58. The minimum absolute atomic E-state index is 0.0734. The second-order valence-corrected chi connectivity index (χ2v) is 7.00. The van der Waals surface area contributed by atoms with Crippen molar-refractivity contribution in [3.63, 3.8) is 0 Å². The number of rotatable bonds is 5. The summed E-state index contributed by atoms with van der Waals surface area (Å²) < 4.78 is 0. The smallest absolute Gasteiger partial charge is 0.223 e. The van der Waals surface area contributed by atoms with Gasteiger partial charge in [0, 0.05) is 5.38 Å². The molecule has 0 spiro atoms. The van der Waals surface area contributed by atoms with Crippen molar-refractivity contribution >= 4 is 17.2 Å². The molecule has 2 rings (SSSR count). The first-order valence-corrected chi connectivity index (χ1v) is 8.30. The van der Waals surface area contributed by atoms with Crippen LogP contribution in [0.4, 0.5) is 0 Å². The minimum Gasteiger partial charge on any atom is -0.389 e. The zero-order valence-electron chi connectivity index (χ0n) is 12.3. The molecule has 1 aliphatic rings. The number of carbonyl (C=O) groups excluding carboxylic acids is 1. The first-order chi connectivity index (χ1) is 9.48. The van der Waals surface area contributed by atoms with Crippen molar-refractivity contribution < 1.29 is 9.90 Å².